The van der Waals surface area contributed by atoms with Crippen LogP contribution in [0.15, 0.2) is 69.4 Å². The highest BCUT2D eigenvalue weighted by atomic mass is 16.1. The van der Waals surface area contributed by atoms with Crippen molar-refractivity contribution < 1.29 is 4.79 Å². The Bertz CT molecular complexity index is 659. The molecule has 0 spiro atoms. The fourth-order valence-electron chi connectivity index (χ4n) is 1.91. The summed E-state index contributed by atoms with van der Waals surface area (Å²) in [4.78, 5) is 12.3. The molecule has 0 amide bonds. The first-order valence-corrected chi connectivity index (χ1v) is 5.99. The first-order chi connectivity index (χ1) is 9.81. The Labute approximate surface area is 113 Å². The van der Waals surface area contributed by atoms with Crippen molar-refractivity contribution in [2.45, 2.75) is 0 Å². The fourth-order valence-corrected chi connectivity index (χ4v) is 1.91. The maximum atomic E-state index is 12.3. The van der Waals surface area contributed by atoms with E-state index in [2.05, 4.69) is 20.9 Å². The van der Waals surface area contributed by atoms with Crippen molar-refractivity contribution in [3.63, 3.8) is 0 Å². The largest absolute Gasteiger partial charge is 0.289 e. The molecule has 7 nitrogen and oxygen atoms in total. The number of hydrogen-bond donors (Lipinski definition) is 0. The van der Waals surface area contributed by atoms with Crippen LogP contribution in [0.3, 0.4) is 0 Å². The van der Waals surface area contributed by atoms with E-state index in [0.29, 0.717) is 11.1 Å². The molecule has 0 aromatic heterocycles. The van der Waals surface area contributed by atoms with Crippen molar-refractivity contribution in [3.8, 4) is 0 Å². The number of ketones is 1. The molecule has 0 radical (unpaired) electrons. The summed E-state index contributed by atoms with van der Waals surface area (Å²) in [7, 11) is 0. The van der Waals surface area contributed by atoms with E-state index in [-0.39, 0.29) is 5.78 Å². The van der Waals surface area contributed by atoms with Crippen molar-refractivity contribution >= 4 is 17.2 Å². The molecule has 7 heteroatoms. The van der Waals surface area contributed by atoms with Gasteiger partial charge in [0.1, 0.15) is 0 Å². The predicted octanol–water partition coefficient (Wildman–Crippen LogP) is 3.12. The lowest BCUT2D eigenvalue weighted by Crippen LogP contribution is -2.02. The summed E-state index contributed by atoms with van der Waals surface area (Å²) in [5, 5.41) is 17.8. The molecule has 0 unspecified atom stereocenters. The van der Waals surface area contributed by atoms with Gasteiger partial charge >= 0.3 is 0 Å². The van der Waals surface area contributed by atoms with E-state index in [9.17, 15) is 4.79 Å². The van der Waals surface area contributed by atoms with E-state index < -0.39 is 0 Å². The van der Waals surface area contributed by atoms with Crippen LogP contribution in [0.1, 0.15) is 15.9 Å². The second-order valence-corrected chi connectivity index (χ2v) is 4.36. The summed E-state index contributed by atoms with van der Waals surface area (Å²) in [5.74, 6) is -0.0255. The van der Waals surface area contributed by atoms with Gasteiger partial charge in [0.15, 0.2) is 5.78 Å². The average molecular weight is 264 g/mol. The summed E-state index contributed by atoms with van der Waals surface area (Å²) in [5.41, 5.74) is 2.96. The minimum Gasteiger partial charge on any atom is -0.289 e. The molecular weight excluding hydrogens is 256 g/mol. The van der Waals surface area contributed by atoms with E-state index in [1.165, 1.54) is 10.2 Å². The summed E-state index contributed by atoms with van der Waals surface area (Å²) in [6, 6.07) is 14.3. The van der Waals surface area contributed by atoms with Crippen LogP contribution in [-0.2, 0) is 0 Å². The lowest BCUT2D eigenvalue weighted by molar-refractivity contribution is 0.103. The Hall–Kier alpha value is -3.09. The molecule has 2 aromatic carbocycles. The van der Waals surface area contributed by atoms with Crippen LogP contribution in [0.25, 0.3) is 0 Å². The summed E-state index contributed by atoms with van der Waals surface area (Å²) in [6.45, 7) is 0. The van der Waals surface area contributed by atoms with E-state index in [1.54, 1.807) is 24.3 Å². The first-order valence-electron chi connectivity index (χ1n) is 5.99. The van der Waals surface area contributed by atoms with Crippen molar-refractivity contribution in [2.24, 2.45) is 20.9 Å². The van der Waals surface area contributed by atoms with Gasteiger partial charge in [-0.2, -0.15) is 0 Å². The second kappa shape index (κ2) is 3.95. The molecule has 0 aliphatic carbocycles. The van der Waals surface area contributed by atoms with E-state index >= 15 is 0 Å². The van der Waals surface area contributed by atoms with Gasteiger partial charge in [-0.25, -0.2) is 0 Å². The number of carbonyl (C=O) groups is 1. The normalized spacial score (nSPS) is 14.6. The molecule has 2 heterocycles. The van der Waals surface area contributed by atoms with Gasteiger partial charge in [0.05, 0.1) is 11.4 Å². The molecule has 2 aliphatic rings. The minimum absolute atomic E-state index is 0.0255. The van der Waals surface area contributed by atoms with E-state index in [4.69, 9.17) is 0 Å². The minimum atomic E-state index is -0.0255. The van der Waals surface area contributed by atoms with Gasteiger partial charge in [0.2, 0.25) is 0 Å². The molecule has 0 fully saturated rings. The van der Waals surface area contributed by atoms with Crippen molar-refractivity contribution in [1.29, 1.82) is 0 Å². The molecule has 0 N–H and O–H groups in total. The zero-order valence-corrected chi connectivity index (χ0v) is 10.2. The number of anilines is 2. The van der Waals surface area contributed by atoms with Crippen LogP contribution >= 0.6 is 0 Å². The Balaban J connectivity index is 1.55. The van der Waals surface area contributed by atoms with Crippen LogP contribution in [0.2, 0.25) is 0 Å². The first kappa shape index (κ1) is 10.8. The van der Waals surface area contributed by atoms with Gasteiger partial charge in [-0.15, -0.1) is 10.2 Å². The van der Waals surface area contributed by atoms with Gasteiger partial charge in [-0.1, -0.05) is 0 Å². The molecule has 20 heavy (non-hydrogen) atoms. The lowest BCUT2D eigenvalue weighted by Gasteiger charge is -2.03. The third-order valence-electron chi connectivity index (χ3n) is 3.08. The second-order valence-electron chi connectivity index (χ2n) is 4.36. The predicted molar refractivity (Wildman–Crippen MR) is 71.0 cm³/mol. The molecule has 4 rings (SSSR count). The highest BCUT2D eigenvalue weighted by molar-refractivity contribution is 6.09. The number of hydrogen-bond acceptors (Lipinski definition) is 7. The summed E-state index contributed by atoms with van der Waals surface area (Å²) in [6.07, 6.45) is 0. The van der Waals surface area contributed by atoms with Crippen molar-refractivity contribution in [3.05, 3.63) is 59.7 Å². The average Bonchev–Trinajstić information content (AvgIpc) is 3.40. The Morgan fingerprint density at radius 2 is 1.00 bits per heavy atom. The molecule has 96 valence electrons. The number of nitrogens with zero attached hydrogens (tertiary/aromatic N) is 6. The zero-order valence-electron chi connectivity index (χ0n) is 10.2. The summed E-state index contributed by atoms with van der Waals surface area (Å²) >= 11 is 0. The van der Waals surface area contributed by atoms with Gasteiger partial charge in [0, 0.05) is 11.1 Å². The molecule has 0 saturated carbocycles. The number of carbonyl (C=O) groups excluding carboxylic acids is 1. The molecule has 2 aromatic rings. The summed E-state index contributed by atoms with van der Waals surface area (Å²) < 4.78 is 0. The quantitative estimate of drug-likeness (QED) is 0.796. The van der Waals surface area contributed by atoms with Crippen LogP contribution in [0.4, 0.5) is 11.4 Å². The Kier molecular flexibility index (Phi) is 2.13. The van der Waals surface area contributed by atoms with E-state index in [1.807, 2.05) is 24.3 Å². The highest BCUT2D eigenvalue weighted by Crippen LogP contribution is 2.25. The van der Waals surface area contributed by atoms with Gasteiger partial charge < -0.3 is 0 Å². The third-order valence-corrected chi connectivity index (χ3v) is 3.08. The van der Waals surface area contributed by atoms with Crippen molar-refractivity contribution in [2.75, 3.05) is 10.2 Å². The zero-order chi connectivity index (χ0) is 13.5. The third kappa shape index (κ3) is 1.91. The van der Waals surface area contributed by atoms with Gasteiger partial charge in [-0.05, 0) is 69.4 Å². The standard InChI is InChI=1S/C13H8N6O/c20-13(9-1-5-11(6-2-9)18-14-15-18)10-3-7-12(8-4-10)19-16-17-19/h1-8H. The fraction of sp³-hybridized carbons (Fsp3) is 0. The lowest BCUT2D eigenvalue weighted by atomic mass is 10.0. The molecule has 0 atom stereocenters. The maximum absolute atomic E-state index is 12.3. The van der Waals surface area contributed by atoms with Crippen LogP contribution in [0, 0.1) is 0 Å². The van der Waals surface area contributed by atoms with Crippen LogP contribution < -0.4 is 10.2 Å². The SMILES string of the molecule is O=C(c1ccc(N2N=N2)cc1)c1ccc(N2N=N2)cc1. The number of rotatable bonds is 4. The monoisotopic (exact) mass is 264 g/mol. The number of benzene rings is 2. The Morgan fingerprint density at radius 3 is 1.30 bits per heavy atom. The van der Waals surface area contributed by atoms with Crippen LogP contribution in [0.5, 0.6) is 0 Å². The van der Waals surface area contributed by atoms with E-state index in [0.717, 1.165) is 11.4 Å². The molecule has 2 aliphatic heterocycles. The van der Waals surface area contributed by atoms with Gasteiger partial charge in [-0.3, -0.25) is 4.79 Å². The highest BCUT2D eigenvalue weighted by Gasteiger charge is 2.17. The maximum Gasteiger partial charge on any atom is 0.193 e. The van der Waals surface area contributed by atoms with Crippen molar-refractivity contribution in [1.82, 2.24) is 0 Å². The van der Waals surface area contributed by atoms with Gasteiger partial charge in [0.25, 0.3) is 0 Å². The Morgan fingerprint density at radius 1 is 0.650 bits per heavy atom. The smallest absolute Gasteiger partial charge is 0.193 e. The molecular formula is C13H8N6O. The van der Waals surface area contributed by atoms with Crippen LogP contribution in [-0.4, -0.2) is 5.78 Å². The molecule has 0 bridgehead atoms. The molecule has 0 saturated heterocycles. The topological polar surface area (TPSA) is 72.5 Å².